The SMILES string of the molecule is O=C(c1cccc([N+](=O)[O-])c1)N(Cc1ccccn1)C1CCCNCC1. The molecule has 0 spiro atoms. The number of carbonyl (C=O) groups is 1. The van der Waals surface area contributed by atoms with Gasteiger partial charge in [0.05, 0.1) is 17.2 Å². The minimum Gasteiger partial charge on any atom is -0.330 e. The third kappa shape index (κ3) is 4.43. The second-order valence-electron chi connectivity index (χ2n) is 6.40. The molecule has 0 saturated carbocycles. The largest absolute Gasteiger partial charge is 0.330 e. The summed E-state index contributed by atoms with van der Waals surface area (Å²) in [4.78, 5) is 29.9. The van der Waals surface area contributed by atoms with E-state index in [9.17, 15) is 14.9 Å². The highest BCUT2D eigenvalue weighted by Gasteiger charge is 2.27. The lowest BCUT2D eigenvalue weighted by molar-refractivity contribution is -0.384. The summed E-state index contributed by atoms with van der Waals surface area (Å²) < 4.78 is 0. The van der Waals surface area contributed by atoms with E-state index in [1.807, 2.05) is 23.1 Å². The monoisotopic (exact) mass is 354 g/mol. The number of aromatic nitrogens is 1. The summed E-state index contributed by atoms with van der Waals surface area (Å²) in [6.45, 7) is 2.19. The van der Waals surface area contributed by atoms with Crippen LogP contribution in [-0.2, 0) is 6.54 Å². The Balaban J connectivity index is 1.89. The third-order valence-corrected chi connectivity index (χ3v) is 4.61. The van der Waals surface area contributed by atoms with Gasteiger partial charge in [-0.05, 0) is 50.6 Å². The number of hydrogen-bond donors (Lipinski definition) is 1. The van der Waals surface area contributed by atoms with Crippen LogP contribution in [-0.4, -0.2) is 39.8 Å². The molecule has 2 heterocycles. The molecule has 7 nitrogen and oxygen atoms in total. The van der Waals surface area contributed by atoms with Gasteiger partial charge < -0.3 is 10.2 Å². The van der Waals surface area contributed by atoms with Gasteiger partial charge in [-0.3, -0.25) is 19.9 Å². The molecule has 1 aromatic heterocycles. The number of hydrogen-bond acceptors (Lipinski definition) is 5. The summed E-state index contributed by atoms with van der Waals surface area (Å²) >= 11 is 0. The summed E-state index contributed by atoms with van der Waals surface area (Å²) in [6, 6.07) is 11.6. The fourth-order valence-electron chi connectivity index (χ4n) is 3.26. The van der Waals surface area contributed by atoms with Crippen molar-refractivity contribution in [2.75, 3.05) is 13.1 Å². The number of nitrogens with one attached hydrogen (secondary N) is 1. The van der Waals surface area contributed by atoms with E-state index in [0.717, 1.165) is 38.0 Å². The molecule has 1 amide bonds. The molecule has 3 rings (SSSR count). The molecule has 1 aliphatic rings. The van der Waals surface area contributed by atoms with Crippen molar-refractivity contribution in [2.45, 2.75) is 31.8 Å². The molecule has 1 aromatic carbocycles. The fourth-order valence-corrected chi connectivity index (χ4v) is 3.26. The van der Waals surface area contributed by atoms with Gasteiger partial charge in [0.1, 0.15) is 0 Å². The second kappa shape index (κ2) is 8.53. The van der Waals surface area contributed by atoms with Crippen LogP contribution in [0.2, 0.25) is 0 Å². The van der Waals surface area contributed by atoms with Crippen LogP contribution in [0.3, 0.4) is 0 Å². The predicted octanol–water partition coefficient (Wildman–Crippen LogP) is 2.77. The minimum atomic E-state index is -0.477. The van der Waals surface area contributed by atoms with E-state index in [1.165, 1.54) is 12.1 Å². The van der Waals surface area contributed by atoms with E-state index in [1.54, 1.807) is 18.3 Å². The molecular formula is C19H22N4O3. The lowest BCUT2D eigenvalue weighted by Gasteiger charge is -2.31. The number of nitro groups is 1. The number of nitrogens with zero attached hydrogens (tertiary/aromatic N) is 3. The van der Waals surface area contributed by atoms with Crippen LogP contribution in [0.1, 0.15) is 35.3 Å². The van der Waals surface area contributed by atoms with Crippen LogP contribution in [0, 0.1) is 10.1 Å². The molecule has 1 unspecified atom stereocenters. The first-order chi connectivity index (χ1) is 12.6. The van der Waals surface area contributed by atoms with E-state index < -0.39 is 4.92 Å². The number of rotatable bonds is 5. The molecule has 26 heavy (non-hydrogen) atoms. The highest BCUT2D eigenvalue weighted by Crippen LogP contribution is 2.21. The van der Waals surface area contributed by atoms with Crippen molar-refractivity contribution < 1.29 is 9.72 Å². The van der Waals surface area contributed by atoms with Crippen LogP contribution in [0.5, 0.6) is 0 Å². The van der Waals surface area contributed by atoms with Crippen LogP contribution in [0.4, 0.5) is 5.69 Å². The lowest BCUT2D eigenvalue weighted by Crippen LogP contribution is -2.40. The van der Waals surface area contributed by atoms with Crippen LogP contribution in [0.15, 0.2) is 48.7 Å². The summed E-state index contributed by atoms with van der Waals surface area (Å²) in [7, 11) is 0. The Hall–Kier alpha value is -2.80. The van der Waals surface area contributed by atoms with Crippen LogP contribution < -0.4 is 5.32 Å². The van der Waals surface area contributed by atoms with Gasteiger partial charge in [-0.15, -0.1) is 0 Å². The quantitative estimate of drug-likeness (QED) is 0.659. The predicted molar refractivity (Wildman–Crippen MR) is 97.7 cm³/mol. The molecule has 0 bridgehead atoms. The van der Waals surface area contributed by atoms with Crippen molar-refractivity contribution in [3.8, 4) is 0 Å². The second-order valence-corrected chi connectivity index (χ2v) is 6.40. The first-order valence-corrected chi connectivity index (χ1v) is 8.81. The van der Waals surface area contributed by atoms with Crippen LogP contribution >= 0.6 is 0 Å². The molecular weight excluding hydrogens is 332 g/mol. The van der Waals surface area contributed by atoms with Gasteiger partial charge in [-0.1, -0.05) is 12.1 Å². The number of nitro benzene ring substituents is 1. The van der Waals surface area contributed by atoms with Gasteiger partial charge in [-0.25, -0.2) is 0 Å². The molecule has 1 N–H and O–H groups in total. The number of benzene rings is 1. The Bertz CT molecular complexity index is 758. The van der Waals surface area contributed by atoms with Gasteiger partial charge in [0.2, 0.25) is 0 Å². The first kappa shape index (κ1) is 18.0. The van der Waals surface area contributed by atoms with Crippen molar-refractivity contribution >= 4 is 11.6 Å². The number of amides is 1. The Morgan fingerprint density at radius 1 is 1.23 bits per heavy atom. The van der Waals surface area contributed by atoms with E-state index in [-0.39, 0.29) is 17.6 Å². The highest BCUT2D eigenvalue weighted by molar-refractivity contribution is 5.95. The number of pyridine rings is 1. The van der Waals surface area contributed by atoms with Crippen molar-refractivity contribution in [1.29, 1.82) is 0 Å². The van der Waals surface area contributed by atoms with E-state index in [2.05, 4.69) is 10.3 Å². The first-order valence-electron chi connectivity index (χ1n) is 8.81. The summed E-state index contributed by atoms with van der Waals surface area (Å²) in [5.41, 5.74) is 1.08. The fraction of sp³-hybridized carbons (Fsp3) is 0.368. The van der Waals surface area contributed by atoms with Gasteiger partial charge in [0, 0.05) is 29.9 Å². The number of carbonyl (C=O) groups excluding carboxylic acids is 1. The molecule has 1 saturated heterocycles. The number of non-ortho nitro benzene ring substituents is 1. The summed E-state index contributed by atoms with van der Waals surface area (Å²) in [6.07, 6.45) is 4.46. The molecule has 7 heteroatoms. The minimum absolute atomic E-state index is 0.0730. The van der Waals surface area contributed by atoms with Crippen molar-refractivity contribution in [1.82, 2.24) is 15.2 Å². The van der Waals surface area contributed by atoms with Gasteiger partial charge in [-0.2, -0.15) is 0 Å². The topological polar surface area (TPSA) is 88.4 Å². The van der Waals surface area contributed by atoms with Crippen LogP contribution in [0.25, 0.3) is 0 Å². The maximum absolute atomic E-state index is 13.2. The normalized spacial score (nSPS) is 17.3. The smallest absolute Gasteiger partial charge is 0.270 e. The third-order valence-electron chi connectivity index (χ3n) is 4.61. The molecule has 2 aromatic rings. The Morgan fingerprint density at radius 3 is 2.88 bits per heavy atom. The van der Waals surface area contributed by atoms with E-state index >= 15 is 0 Å². The maximum Gasteiger partial charge on any atom is 0.270 e. The Labute approximate surface area is 152 Å². The summed E-state index contributed by atoms with van der Waals surface area (Å²) in [5.74, 6) is -0.189. The van der Waals surface area contributed by atoms with E-state index in [0.29, 0.717) is 12.1 Å². The molecule has 1 atom stereocenters. The van der Waals surface area contributed by atoms with Gasteiger partial charge in [0.15, 0.2) is 0 Å². The zero-order valence-electron chi connectivity index (χ0n) is 14.5. The lowest BCUT2D eigenvalue weighted by atomic mass is 10.0. The average Bonchev–Trinajstić information content (AvgIpc) is 2.96. The van der Waals surface area contributed by atoms with E-state index in [4.69, 9.17) is 0 Å². The maximum atomic E-state index is 13.2. The van der Waals surface area contributed by atoms with Crippen molar-refractivity contribution in [3.63, 3.8) is 0 Å². The van der Waals surface area contributed by atoms with Crippen molar-refractivity contribution in [2.24, 2.45) is 0 Å². The summed E-state index contributed by atoms with van der Waals surface area (Å²) in [5, 5.41) is 14.4. The zero-order chi connectivity index (χ0) is 18.4. The molecule has 1 fully saturated rings. The zero-order valence-corrected chi connectivity index (χ0v) is 14.5. The molecule has 0 radical (unpaired) electrons. The average molecular weight is 354 g/mol. The molecule has 0 aliphatic carbocycles. The van der Waals surface area contributed by atoms with Gasteiger partial charge >= 0.3 is 0 Å². The van der Waals surface area contributed by atoms with Gasteiger partial charge in [0.25, 0.3) is 11.6 Å². The highest BCUT2D eigenvalue weighted by atomic mass is 16.6. The Kier molecular flexibility index (Phi) is 5.91. The molecule has 136 valence electrons. The standard InChI is InChI=1S/C19H22N4O3/c24-19(15-5-3-7-18(13-15)23(25)26)22(14-16-6-1-2-11-21-16)17-8-4-10-20-12-9-17/h1-3,5-7,11,13,17,20H,4,8-10,12,14H2. The van der Waals surface area contributed by atoms with Crippen molar-refractivity contribution in [3.05, 3.63) is 70.0 Å². The Morgan fingerprint density at radius 2 is 2.12 bits per heavy atom. The molecule has 1 aliphatic heterocycles.